The van der Waals surface area contributed by atoms with Crippen molar-refractivity contribution in [2.75, 3.05) is 0 Å². The molecule has 2 aromatic carbocycles. The lowest BCUT2D eigenvalue weighted by atomic mass is 9.89. The Hall–Kier alpha value is -1.57. The van der Waals surface area contributed by atoms with Gasteiger partial charge < -0.3 is 5.11 Å². The van der Waals surface area contributed by atoms with Gasteiger partial charge in [0.15, 0.2) is 0 Å². The molecule has 0 aliphatic carbocycles. The molecule has 0 aliphatic heterocycles. The Balaban J connectivity index is 2.86. The van der Waals surface area contributed by atoms with Crippen LogP contribution in [0, 0.1) is 5.82 Å². The predicted molar refractivity (Wildman–Crippen MR) is 73.7 cm³/mol. The number of benzene rings is 2. The van der Waals surface area contributed by atoms with Gasteiger partial charge in [0.05, 0.1) is 0 Å². The van der Waals surface area contributed by atoms with Crippen molar-refractivity contribution >= 4 is 10.8 Å². The van der Waals surface area contributed by atoms with Gasteiger partial charge in [0.2, 0.25) is 0 Å². The lowest BCUT2D eigenvalue weighted by Gasteiger charge is -2.16. The van der Waals surface area contributed by atoms with Gasteiger partial charge in [-0.1, -0.05) is 26.8 Å². The van der Waals surface area contributed by atoms with Crippen LogP contribution in [0.3, 0.4) is 0 Å². The van der Waals surface area contributed by atoms with Crippen molar-refractivity contribution in [1.82, 2.24) is 0 Å². The monoisotopic (exact) mass is 246 g/mol. The van der Waals surface area contributed by atoms with Crippen LogP contribution in [-0.4, -0.2) is 5.11 Å². The van der Waals surface area contributed by atoms with E-state index in [0.717, 1.165) is 28.3 Å². The fraction of sp³-hybridized carbons (Fsp3) is 0.375. The molecule has 0 saturated carbocycles. The number of aryl methyl sites for hydroxylation is 1. The summed E-state index contributed by atoms with van der Waals surface area (Å²) in [5, 5.41) is 11.7. The first-order chi connectivity index (χ1) is 8.58. The Labute approximate surface area is 107 Å². The Bertz CT molecular complexity index is 575. The summed E-state index contributed by atoms with van der Waals surface area (Å²) in [6.45, 7) is 6.18. The first kappa shape index (κ1) is 12.9. The molecule has 1 unspecified atom stereocenters. The van der Waals surface area contributed by atoms with E-state index >= 15 is 0 Å². The number of halogens is 1. The van der Waals surface area contributed by atoms with E-state index in [1.165, 1.54) is 6.07 Å². The van der Waals surface area contributed by atoms with Gasteiger partial charge in [0.25, 0.3) is 0 Å². The highest BCUT2D eigenvalue weighted by atomic mass is 19.1. The first-order valence-electron chi connectivity index (χ1n) is 6.52. The molecular formula is C16H19FO. The zero-order chi connectivity index (χ0) is 13.3. The van der Waals surface area contributed by atoms with E-state index in [4.69, 9.17) is 0 Å². The molecule has 18 heavy (non-hydrogen) atoms. The van der Waals surface area contributed by atoms with Crippen LogP contribution in [0.4, 0.5) is 4.39 Å². The van der Waals surface area contributed by atoms with Gasteiger partial charge in [0.1, 0.15) is 11.6 Å². The quantitative estimate of drug-likeness (QED) is 0.827. The summed E-state index contributed by atoms with van der Waals surface area (Å²) in [6.07, 6.45) is 1.63. The number of fused-ring (bicyclic) bond motifs is 1. The maximum Gasteiger partial charge on any atom is 0.127 e. The van der Waals surface area contributed by atoms with Gasteiger partial charge in [-0.05, 0) is 58.9 Å². The SMILES string of the molecule is CCc1c(F)ccc2cc(O)cc(C(C)CC)c12. The summed E-state index contributed by atoms with van der Waals surface area (Å²) in [5.74, 6) is 0.415. The van der Waals surface area contributed by atoms with E-state index in [1.54, 1.807) is 18.2 Å². The summed E-state index contributed by atoms with van der Waals surface area (Å²) in [5.41, 5.74) is 1.80. The normalized spacial score (nSPS) is 12.9. The Morgan fingerprint density at radius 1 is 1.22 bits per heavy atom. The molecule has 0 bridgehead atoms. The lowest BCUT2D eigenvalue weighted by Crippen LogP contribution is -1.98. The number of phenolic OH excluding ortho intramolecular Hbond substituents is 1. The molecule has 2 heteroatoms. The van der Waals surface area contributed by atoms with Gasteiger partial charge in [-0.3, -0.25) is 0 Å². The molecule has 0 aliphatic rings. The van der Waals surface area contributed by atoms with Gasteiger partial charge in [-0.2, -0.15) is 0 Å². The zero-order valence-electron chi connectivity index (χ0n) is 11.1. The number of hydrogen-bond donors (Lipinski definition) is 1. The molecule has 0 aromatic heterocycles. The number of rotatable bonds is 3. The Morgan fingerprint density at radius 2 is 1.94 bits per heavy atom. The van der Waals surface area contributed by atoms with E-state index in [0.29, 0.717) is 12.3 Å². The van der Waals surface area contributed by atoms with Crippen molar-refractivity contribution < 1.29 is 9.50 Å². The second-order valence-corrected chi connectivity index (χ2v) is 4.82. The molecular weight excluding hydrogens is 227 g/mol. The van der Waals surface area contributed by atoms with Gasteiger partial charge in [-0.15, -0.1) is 0 Å². The topological polar surface area (TPSA) is 20.2 Å². The van der Waals surface area contributed by atoms with E-state index in [9.17, 15) is 9.50 Å². The predicted octanol–water partition coefficient (Wildman–Crippen LogP) is 4.76. The van der Waals surface area contributed by atoms with E-state index in [1.807, 2.05) is 6.92 Å². The number of aromatic hydroxyl groups is 1. The van der Waals surface area contributed by atoms with Crippen LogP contribution in [0.2, 0.25) is 0 Å². The second-order valence-electron chi connectivity index (χ2n) is 4.82. The molecule has 1 N–H and O–H groups in total. The third-order valence-corrected chi connectivity index (χ3v) is 3.68. The molecule has 2 rings (SSSR count). The van der Waals surface area contributed by atoms with Crippen molar-refractivity contribution in [2.45, 2.75) is 39.5 Å². The fourth-order valence-electron chi connectivity index (χ4n) is 2.49. The standard InChI is InChI=1S/C16H19FO/c1-4-10(3)14-9-12(18)8-11-6-7-15(17)13(5-2)16(11)14/h6-10,18H,4-5H2,1-3H3. The molecule has 2 aromatic rings. The van der Waals surface area contributed by atoms with Crippen molar-refractivity contribution in [3.63, 3.8) is 0 Å². The van der Waals surface area contributed by atoms with Crippen LogP contribution >= 0.6 is 0 Å². The largest absolute Gasteiger partial charge is 0.508 e. The summed E-state index contributed by atoms with van der Waals surface area (Å²) < 4.78 is 13.9. The molecule has 0 spiro atoms. The third-order valence-electron chi connectivity index (χ3n) is 3.68. The molecule has 96 valence electrons. The number of hydrogen-bond acceptors (Lipinski definition) is 1. The molecule has 0 heterocycles. The molecule has 0 radical (unpaired) electrons. The highest BCUT2D eigenvalue weighted by molar-refractivity contribution is 5.90. The number of phenols is 1. The molecule has 1 nitrogen and oxygen atoms in total. The fourth-order valence-corrected chi connectivity index (χ4v) is 2.49. The van der Waals surface area contributed by atoms with Crippen molar-refractivity contribution in [2.24, 2.45) is 0 Å². The molecule has 0 amide bonds. The summed E-state index contributed by atoms with van der Waals surface area (Å²) in [4.78, 5) is 0. The average Bonchev–Trinajstić information content (AvgIpc) is 2.37. The maximum atomic E-state index is 13.9. The minimum Gasteiger partial charge on any atom is -0.508 e. The first-order valence-corrected chi connectivity index (χ1v) is 6.52. The second kappa shape index (κ2) is 4.97. The summed E-state index contributed by atoms with van der Waals surface area (Å²) in [6, 6.07) is 6.71. The van der Waals surface area contributed by atoms with E-state index in [-0.39, 0.29) is 11.6 Å². The Kier molecular flexibility index (Phi) is 3.55. The molecule has 1 atom stereocenters. The van der Waals surface area contributed by atoms with Crippen LogP contribution in [0.5, 0.6) is 5.75 Å². The van der Waals surface area contributed by atoms with Crippen molar-refractivity contribution in [3.8, 4) is 5.75 Å². The molecule has 0 fully saturated rings. The van der Waals surface area contributed by atoms with Crippen molar-refractivity contribution in [3.05, 3.63) is 41.2 Å². The Morgan fingerprint density at radius 3 is 2.56 bits per heavy atom. The molecule has 0 saturated heterocycles. The van der Waals surface area contributed by atoms with Gasteiger partial charge >= 0.3 is 0 Å². The van der Waals surface area contributed by atoms with Crippen LogP contribution in [0.1, 0.15) is 44.2 Å². The average molecular weight is 246 g/mol. The van der Waals surface area contributed by atoms with Crippen LogP contribution < -0.4 is 0 Å². The minimum absolute atomic E-state index is 0.153. The van der Waals surface area contributed by atoms with Crippen molar-refractivity contribution in [1.29, 1.82) is 0 Å². The lowest BCUT2D eigenvalue weighted by molar-refractivity contribution is 0.474. The van der Waals surface area contributed by atoms with Crippen LogP contribution in [0.15, 0.2) is 24.3 Å². The smallest absolute Gasteiger partial charge is 0.127 e. The van der Waals surface area contributed by atoms with Gasteiger partial charge in [0, 0.05) is 0 Å². The van der Waals surface area contributed by atoms with Gasteiger partial charge in [-0.25, -0.2) is 4.39 Å². The summed E-state index contributed by atoms with van der Waals surface area (Å²) >= 11 is 0. The maximum absolute atomic E-state index is 13.9. The van der Waals surface area contributed by atoms with Crippen LogP contribution in [0.25, 0.3) is 10.8 Å². The highest BCUT2D eigenvalue weighted by Crippen LogP contribution is 2.34. The van der Waals surface area contributed by atoms with E-state index < -0.39 is 0 Å². The third kappa shape index (κ3) is 2.07. The minimum atomic E-state index is -0.153. The highest BCUT2D eigenvalue weighted by Gasteiger charge is 2.14. The van der Waals surface area contributed by atoms with E-state index in [2.05, 4.69) is 13.8 Å². The summed E-state index contributed by atoms with van der Waals surface area (Å²) in [7, 11) is 0. The zero-order valence-corrected chi connectivity index (χ0v) is 11.1. The van der Waals surface area contributed by atoms with Crippen LogP contribution in [-0.2, 0) is 6.42 Å².